The summed E-state index contributed by atoms with van der Waals surface area (Å²) in [5, 5.41) is 16.8. The van der Waals surface area contributed by atoms with Gasteiger partial charge in [-0.05, 0) is 19.1 Å². The quantitative estimate of drug-likeness (QED) is 0.505. The van der Waals surface area contributed by atoms with Crippen molar-refractivity contribution in [3.05, 3.63) is 24.3 Å². The lowest BCUT2D eigenvalue weighted by Crippen LogP contribution is -2.08. The van der Waals surface area contributed by atoms with Crippen LogP contribution in [-0.4, -0.2) is 33.9 Å². The number of carbonyl (C=O) groups is 2. The molecule has 0 radical (unpaired) electrons. The van der Waals surface area contributed by atoms with Gasteiger partial charge in [-0.2, -0.15) is 0 Å². The largest absolute Gasteiger partial charge is 0.478 e. The second-order valence-corrected chi connectivity index (χ2v) is 2.96. The van der Waals surface area contributed by atoms with E-state index in [-0.39, 0.29) is 6.10 Å². The Morgan fingerprint density at radius 3 is 1.79 bits per heavy atom. The number of hydrogen-bond donors (Lipinski definition) is 2. The monoisotopic (exact) mass is 198 g/mol. The summed E-state index contributed by atoms with van der Waals surface area (Å²) in [6.45, 7) is 1.73. The highest BCUT2D eigenvalue weighted by atomic mass is 16.6. The van der Waals surface area contributed by atoms with E-state index in [0.29, 0.717) is 0 Å². The molecule has 76 valence electrons. The third-order valence-electron chi connectivity index (χ3n) is 1.93. The number of epoxide rings is 1. The minimum Gasteiger partial charge on any atom is -0.478 e. The number of ether oxygens (including phenoxy) is 1. The topological polar surface area (TPSA) is 87.1 Å². The van der Waals surface area contributed by atoms with Crippen molar-refractivity contribution in [1.82, 2.24) is 0 Å². The molecule has 5 heteroatoms. The van der Waals surface area contributed by atoms with Gasteiger partial charge in [0.25, 0.3) is 0 Å². The lowest BCUT2D eigenvalue weighted by molar-refractivity contribution is -0.132. The Labute approximate surface area is 80.3 Å². The van der Waals surface area contributed by atoms with Crippen molar-refractivity contribution in [2.24, 2.45) is 0 Å². The van der Waals surface area contributed by atoms with Crippen LogP contribution < -0.4 is 0 Å². The first-order valence-corrected chi connectivity index (χ1v) is 3.98. The highest BCUT2D eigenvalue weighted by Gasteiger charge is 2.49. The predicted molar refractivity (Wildman–Crippen MR) is 46.8 cm³/mol. The first-order chi connectivity index (χ1) is 6.46. The van der Waals surface area contributed by atoms with E-state index in [0.717, 1.165) is 12.2 Å². The average molecular weight is 198 g/mol. The predicted octanol–water partition coefficient (Wildman–Crippen LogP) is 0.425. The molecule has 0 aromatic rings. The van der Waals surface area contributed by atoms with Crippen LogP contribution in [0, 0.1) is 0 Å². The second-order valence-electron chi connectivity index (χ2n) is 2.96. The second kappa shape index (κ2) is 3.63. The molecule has 2 N–H and O–H groups in total. The van der Waals surface area contributed by atoms with Gasteiger partial charge in [-0.15, -0.1) is 0 Å². The minimum atomic E-state index is -1.09. The molecule has 0 bridgehead atoms. The van der Waals surface area contributed by atoms with E-state index < -0.39 is 17.5 Å². The average Bonchev–Trinajstić information content (AvgIpc) is 2.71. The molecule has 1 rings (SSSR count). The minimum absolute atomic E-state index is 0.186. The Morgan fingerprint density at radius 1 is 1.21 bits per heavy atom. The van der Waals surface area contributed by atoms with Crippen LogP contribution in [0.4, 0.5) is 0 Å². The third kappa shape index (κ3) is 2.43. The number of carboxylic acids is 2. The van der Waals surface area contributed by atoms with Crippen molar-refractivity contribution in [1.29, 1.82) is 0 Å². The fraction of sp³-hybridized carbons (Fsp3) is 0.333. The smallest absolute Gasteiger partial charge is 0.328 e. The molecule has 5 nitrogen and oxygen atoms in total. The molecule has 1 heterocycles. The molecular weight excluding hydrogens is 188 g/mol. The van der Waals surface area contributed by atoms with E-state index >= 15 is 0 Å². The van der Waals surface area contributed by atoms with Crippen molar-refractivity contribution in [3.8, 4) is 0 Å². The highest BCUT2D eigenvalue weighted by Crippen LogP contribution is 2.38. The maximum atomic E-state index is 10.2. The fourth-order valence-corrected chi connectivity index (χ4v) is 1.08. The van der Waals surface area contributed by atoms with Gasteiger partial charge in [0, 0.05) is 12.2 Å². The number of hydrogen-bond acceptors (Lipinski definition) is 3. The number of carboxylic acid groups (broad SMARTS) is 2. The molecule has 1 aliphatic heterocycles. The molecule has 1 aliphatic rings. The van der Waals surface area contributed by atoms with Crippen molar-refractivity contribution in [2.45, 2.75) is 18.6 Å². The Morgan fingerprint density at radius 2 is 1.57 bits per heavy atom. The van der Waals surface area contributed by atoms with Crippen LogP contribution in [0.2, 0.25) is 0 Å². The maximum Gasteiger partial charge on any atom is 0.328 e. The van der Waals surface area contributed by atoms with Gasteiger partial charge in [0.15, 0.2) is 0 Å². The molecule has 1 atom stereocenters. The summed E-state index contributed by atoms with van der Waals surface area (Å²) in [5.41, 5.74) is -0.850. The Hall–Kier alpha value is -1.62. The van der Waals surface area contributed by atoms with E-state index in [4.69, 9.17) is 14.9 Å². The van der Waals surface area contributed by atoms with E-state index in [2.05, 4.69) is 0 Å². The number of rotatable bonds is 4. The van der Waals surface area contributed by atoms with E-state index in [1.54, 1.807) is 6.92 Å². The zero-order chi connectivity index (χ0) is 10.8. The van der Waals surface area contributed by atoms with Crippen LogP contribution in [0.3, 0.4) is 0 Å². The van der Waals surface area contributed by atoms with E-state index in [9.17, 15) is 9.59 Å². The van der Waals surface area contributed by atoms with Crippen molar-refractivity contribution < 1.29 is 24.5 Å². The molecule has 0 aromatic carbocycles. The summed E-state index contributed by atoms with van der Waals surface area (Å²) in [6, 6.07) is 0. The highest BCUT2D eigenvalue weighted by molar-refractivity contribution is 5.81. The number of aliphatic carboxylic acids is 2. The Balaban J connectivity index is 2.70. The van der Waals surface area contributed by atoms with Crippen molar-refractivity contribution >= 4 is 11.9 Å². The zero-order valence-electron chi connectivity index (χ0n) is 7.51. The summed E-state index contributed by atoms with van der Waals surface area (Å²) < 4.78 is 5.11. The molecule has 1 saturated heterocycles. The molecule has 0 amide bonds. The van der Waals surface area contributed by atoms with Gasteiger partial charge >= 0.3 is 11.9 Å². The molecule has 0 aliphatic carbocycles. The zero-order valence-corrected chi connectivity index (χ0v) is 7.51. The summed E-state index contributed by atoms with van der Waals surface area (Å²) in [4.78, 5) is 20.5. The van der Waals surface area contributed by atoms with Gasteiger partial charge < -0.3 is 14.9 Å². The van der Waals surface area contributed by atoms with Crippen LogP contribution in [-0.2, 0) is 14.3 Å². The van der Waals surface area contributed by atoms with Crippen LogP contribution in [0.1, 0.15) is 6.92 Å². The first-order valence-electron chi connectivity index (χ1n) is 3.98. The summed E-state index contributed by atoms with van der Waals surface area (Å²) in [6.07, 6.45) is 4.36. The SMILES string of the molecule is CC1OC1(C=CC(=O)O)C=CC(=O)O. The Bertz CT molecular complexity index is 291. The lowest BCUT2D eigenvalue weighted by atomic mass is 10.1. The molecular formula is C9H10O5. The van der Waals surface area contributed by atoms with Crippen molar-refractivity contribution in [2.75, 3.05) is 0 Å². The van der Waals surface area contributed by atoms with Gasteiger partial charge in [-0.25, -0.2) is 9.59 Å². The molecule has 0 spiro atoms. The molecule has 0 saturated carbocycles. The van der Waals surface area contributed by atoms with Crippen molar-refractivity contribution in [3.63, 3.8) is 0 Å². The molecule has 0 aromatic heterocycles. The third-order valence-corrected chi connectivity index (χ3v) is 1.93. The summed E-state index contributed by atoms with van der Waals surface area (Å²) >= 11 is 0. The van der Waals surface area contributed by atoms with Crippen LogP contribution in [0.25, 0.3) is 0 Å². The van der Waals surface area contributed by atoms with E-state index in [1.165, 1.54) is 12.2 Å². The first kappa shape index (κ1) is 10.5. The molecule has 1 unspecified atom stereocenters. The fourth-order valence-electron chi connectivity index (χ4n) is 1.08. The van der Waals surface area contributed by atoms with Gasteiger partial charge in [0.05, 0.1) is 6.10 Å². The lowest BCUT2D eigenvalue weighted by Gasteiger charge is -1.96. The normalized spacial score (nSPS) is 31.1. The van der Waals surface area contributed by atoms with Gasteiger partial charge in [0.2, 0.25) is 0 Å². The summed E-state index contributed by atoms with van der Waals surface area (Å²) in [5.74, 6) is -2.17. The van der Waals surface area contributed by atoms with E-state index in [1.807, 2.05) is 0 Å². The van der Waals surface area contributed by atoms with Crippen LogP contribution in [0.15, 0.2) is 24.3 Å². The van der Waals surface area contributed by atoms with Crippen LogP contribution >= 0.6 is 0 Å². The molecule has 14 heavy (non-hydrogen) atoms. The summed E-state index contributed by atoms with van der Waals surface area (Å²) in [7, 11) is 0. The maximum absolute atomic E-state index is 10.2. The molecule has 1 fully saturated rings. The Kier molecular flexibility index (Phi) is 2.71. The van der Waals surface area contributed by atoms with Gasteiger partial charge in [0.1, 0.15) is 5.60 Å². The van der Waals surface area contributed by atoms with Crippen LogP contribution in [0.5, 0.6) is 0 Å². The van der Waals surface area contributed by atoms with Gasteiger partial charge in [-0.1, -0.05) is 0 Å². The standard InChI is InChI=1S/C9H10O5/c1-6-9(14-6,4-2-7(10)11)5-3-8(12)13/h2-6H,1H3,(H,10,11)(H,12,13). The van der Waals surface area contributed by atoms with Gasteiger partial charge in [-0.3, -0.25) is 0 Å².